The molecule has 4 heteroatoms. The van der Waals surface area contributed by atoms with Crippen molar-refractivity contribution in [2.24, 2.45) is 0 Å². The molecule has 0 aliphatic carbocycles. The van der Waals surface area contributed by atoms with Gasteiger partial charge in [0, 0.05) is 10.6 Å². The number of aliphatic hydroxyl groups is 1. The fourth-order valence-corrected chi connectivity index (χ4v) is 3.33. The van der Waals surface area contributed by atoms with Crippen LogP contribution in [0.4, 0.5) is 0 Å². The van der Waals surface area contributed by atoms with Crippen LogP contribution in [0.15, 0.2) is 51.8 Å². The van der Waals surface area contributed by atoms with E-state index in [1.165, 1.54) is 5.56 Å². The number of rotatable bonds is 5. The van der Waals surface area contributed by atoms with Crippen molar-refractivity contribution in [1.82, 2.24) is 0 Å². The van der Waals surface area contributed by atoms with E-state index in [4.69, 9.17) is 4.74 Å². The molecule has 0 fully saturated rings. The van der Waals surface area contributed by atoms with Gasteiger partial charge in [0.15, 0.2) is 0 Å². The molecule has 1 unspecified atom stereocenters. The lowest BCUT2D eigenvalue weighted by Gasteiger charge is -2.08. The molecule has 0 aliphatic rings. The van der Waals surface area contributed by atoms with Crippen LogP contribution in [0.3, 0.4) is 0 Å². The number of hydrogen-bond donors (Lipinski definition) is 1. The first-order chi connectivity index (χ1) is 9.60. The van der Waals surface area contributed by atoms with Crippen LogP contribution in [0.1, 0.15) is 24.2 Å². The number of benzene rings is 2. The van der Waals surface area contributed by atoms with Crippen LogP contribution < -0.4 is 4.74 Å². The minimum Gasteiger partial charge on any atom is -0.496 e. The summed E-state index contributed by atoms with van der Waals surface area (Å²) in [5.41, 5.74) is 2.18. The molecule has 0 saturated carbocycles. The Hall–Kier alpha value is -0.970. The molecule has 2 aromatic rings. The van der Waals surface area contributed by atoms with Crippen molar-refractivity contribution in [3.05, 3.63) is 58.1 Å². The molecule has 0 aliphatic heterocycles. The van der Waals surface area contributed by atoms with Gasteiger partial charge in [-0.1, -0.05) is 18.2 Å². The third kappa shape index (κ3) is 4.01. The van der Waals surface area contributed by atoms with Crippen molar-refractivity contribution in [3.63, 3.8) is 0 Å². The fraction of sp³-hybridized carbons (Fsp3) is 0.250. The van der Waals surface area contributed by atoms with Gasteiger partial charge in [-0.15, -0.1) is 11.8 Å². The summed E-state index contributed by atoms with van der Waals surface area (Å²) in [5.74, 6) is 1.72. The minimum atomic E-state index is -0.425. The molecular weight excluding hydrogens is 336 g/mol. The zero-order valence-electron chi connectivity index (χ0n) is 11.5. The van der Waals surface area contributed by atoms with Gasteiger partial charge in [0.25, 0.3) is 0 Å². The van der Waals surface area contributed by atoms with Gasteiger partial charge >= 0.3 is 0 Å². The summed E-state index contributed by atoms with van der Waals surface area (Å²) in [6, 6.07) is 14.1. The Morgan fingerprint density at radius 2 is 2.05 bits per heavy atom. The van der Waals surface area contributed by atoms with Gasteiger partial charge in [-0.2, -0.15) is 0 Å². The number of thioether (sulfide) groups is 1. The van der Waals surface area contributed by atoms with Crippen LogP contribution in [0, 0.1) is 0 Å². The second-order valence-corrected chi connectivity index (χ2v) is 6.41. The summed E-state index contributed by atoms with van der Waals surface area (Å²) in [4.78, 5) is 1.16. The Balaban J connectivity index is 2.05. The first-order valence-electron chi connectivity index (χ1n) is 6.33. The molecule has 0 radical (unpaired) electrons. The molecule has 2 nitrogen and oxygen atoms in total. The number of methoxy groups -OCH3 is 1. The molecule has 0 amide bonds. The van der Waals surface area contributed by atoms with E-state index < -0.39 is 6.10 Å². The highest BCUT2D eigenvalue weighted by Gasteiger charge is 2.04. The predicted octanol–water partition coefficient (Wildman–Crippen LogP) is 4.80. The molecule has 1 N–H and O–H groups in total. The summed E-state index contributed by atoms with van der Waals surface area (Å²) < 4.78 is 6.19. The number of halogens is 1. The van der Waals surface area contributed by atoms with Crippen molar-refractivity contribution in [3.8, 4) is 5.75 Å². The zero-order chi connectivity index (χ0) is 14.5. The molecule has 2 rings (SSSR count). The molecule has 0 heterocycles. The first-order valence-corrected chi connectivity index (χ1v) is 8.11. The predicted molar refractivity (Wildman–Crippen MR) is 87.3 cm³/mol. The van der Waals surface area contributed by atoms with E-state index in [2.05, 4.69) is 34.1 Å². The molecular formula is C16H17BrO2S. The third-order valence-electron chi connectivity index (χ3n) is 2.96. The maximum absolute atomic E-state index is 9.60. The summed E-state index contributed by atoms with van der Waals surface area (Å²) in [7, 11) is 1.66. The van der Waals surface area contributed by atoms with Crippen molar-refractivity contribution in [1.29, 1.82) is 0 Å². The highest BCUT2D eigenvalue weighted by Crippen LogP contribution is 2.30. The van der Waals surface area contributed by atoms with E-state index in [1.807, 2.05) is 24.3 Å². The fourth-order valence-electron chi connectivity index (χ4n) is 1.83. The lowest BCUT2D eigenvalue weighted by atomic mass is 10.1. The van der Waals surface area contributed by atoms with Crippen molar-refractivity contribution >= 4 is 27.7 Å². The normalized spacial score (nSPS) is 12.2. The average molecular weight is 353 g/mol. The number of hydrogen-bond acceptors (Lipinski definition) is 3. The van der Waals surface area contributed by atoms with Crippen LogP contribution >= 0.6 is 27.7 Å². The summed E-state index contributed by atoms with van der Waals surface area (Å²) in [5, 5.41) is 9.60. The SMILES string of the molecule is COc1ccc(CSc2cccc(C(C)O)c2)cc1Br. The lowest BCUT2D eigenvalue weighted by Crippen LogP contribution is -1.90. The highest BCUT2D eigenvalue weighted by molar-refractivity contribution is 9.10. The maximum atomic E-state index is 9.60. The van der Waals surface area contributed by atoms with Crippen molar-refractivity contribution in [2.75, 3.05) is 7.11 Å². The second kappa shape index (κ2) is 7.16. The second-order valence-electron chi connectivity index (χ2n) is 4.51. The summed E-state index contributed by atoms with van der Waals surface area (Å²) in [6.45, 7) is 1.78. The van der Waals surface area contributed by atoms with Gasteiger partial charge < -0.3 is 9.84 Å². The Labute approximate surface area is 132 Å². The summed E-state index contributed by atoms with van der Waals surface area (Å²) in [6.07, 6.45) is -0.425. The van der Waals surface area contributed by atoms with Crippen LogP contribution in [0.25, 0.3) is 0 Å². The monoisotopic (exact) mass is 352 g/mol. The van der Waals surface area contributed by atoms with Gasteiger partial charge in [-0.25, -0.2) is 0 Å². The molecule has 0 aromatic heterocycles. The third-order valence-corrected chi connectivity index (χ3v) is 4.65. The number of ether oxygens (including phenoxy) is 1. The van der Waals surface area contributed by atoms with E-state index in [0.29, 0.717) is 0 Å². The largest absolute Gasteiger partial charge is 0.496 e. The maximum Gasteiger partial charge on any atom is 0.133 e. The van der Waals surface area contributed by atoms with E-state index in [0.717, 1.165) is 26.4 Å². The van der Waals surface area contributed by atoms with Gasteiger partial charge in [-0.05, 0) is 58.2 Å². The quantitative estimate of drug-likeness (QED) is 0.783. The lowest BCUT2D eigenvalue weighted by molar-refractivity contribution is 0.199. The molecule has 0 spiro atoms. The van der Waals surface area contributed by atoms with Gasteiger partial charge in [-0.3, -0.25) is 0 Å². The average Bonchev–Trinajstić information content (AvgIpc) is 2.45. The molecule has 2 aromatic carbocycles. The standard InChI is InChI=1S/C16H17BrO2S/c1-11(18)13-4-3-5-14(9-13)20-10-12-6-7-16(19-2)15(17)8-12/h3-9,11,18H,10H2,1-2H3. The molecule has 106 valence electrons. The molecule has 0 saturated heterocycles. The van der Waals surface area contributed by atoms with Gasteiger partial charge in [0.05, 0.1) is 17.7 Å². The van der Waals surface area contributed by atoms with Crippen LogP contribution in [0.5, 0.6) is 5.75 Å². The van der Waals surface area contributed by atoms with Crippen molar-refractivity contribution < 1.29 is 9.84 Å². The Morgan fingerprint density at radius 3 is 2.70 bits per heavy atom. The first kappa shape index (κ1) is 15.4. The van der Waals surface area contributed by atoms with Crippen LogP contribution in [-0.2, 0) is 5.75 Å². The summed E-state index contributed by atoms with van der Waals surface area (Å²) >= 11 is 5.25. The smallest absolute Gasteiger partial charge is 0.133 e. The Morgan fingerprint density at radius 1 is 1.25 bits per heavy atom. The van der Waals surface area contributed by atoms with E-state index in [1.54, 1.807) is 25.8 Å². The zero-order valence-corrected chi connectivity index (χ0v) is 13.9. The van der Waals surface area contributed by atoms with Crippen molar-refractivity contribution in [2.45, 2.75) is 23.7 Å². The van der Waals surface area contributed by atoms with Gasteiger partial charge in [0.1, 0.15) is 5.75 Å². The topological polar surface area (TPSA) is 29.5 Å². The number of aliphatic hydroxyl groups excluding tert-OH is 1. The van der Waals surface area contributed by atoms with E-state index in [-0.39, 0.29) is 0 Å². The molecule has 0 bridgehead atoms. The Bertz CT molecular complexity index is 584. The Kier molecular flexibility index (Phi) is 5.52. The highest BCUT2D eigenvalue weighted by atomic mass is 79.9. The van der Waals surface area contributed by atoms with E-state index in [9.17, 15) is 5.11 Å². The molecule has 1 atom stereocenters. The van der Waals surface area contributed by atoms with E-state index >= 15 is 0 Å². The van der Waals surface area contributed by atoms with Gasteiger partial charge in [0.2, 0.25) is 0 Å². The molecule has 20 heavy (non-hydrogen) atoms. The minimum absolute atomic E-state index is 0.425. The van der Waals surface area contributed by atoms with Crippen LogP contribution in [-0.4, -0.2) is 12.2 Å². The van der Waals surface area contributed by atoms with Crippen LogP contribution in [0.2, 0.25) is 0 Å².